The lowest BCUT2D eigenvalue weighted by atomic mass is 9.97. The topological polar surface area (TPSA) is 120 Å². The van der Waals surface area contributed by atoms with E-state index < -0.39 is 0 Å². The number of amides is 2. The number of nitriles is 2. The van der Waals surface area contributed by atoms with Crippen LogP contribution in [0.25, 0.3) is 0 Å². The van der Waals surface area contributed by atoms with Crippen LogP contribution in [0.1, 0.15) is 104 Å². The predicted molar refractivity (Wildman–Crippen MR) is 129 cm³/mol. The highest BCUT2D eigenvalue weighted by Gasteiger charge is 2.22. The Kier molecular flexibility index (Phi) is 19.4. The molecule has 0 spiro atoms. The third kappa shape index (κ3) is 16.9. The van der Waals surface area contributed by atoms with E-state index in [-0.39, 0.29) is 29.9 Å². The maximum absolute atomic E-state index is 12.9. The summed E-state index contributed by atoms with van der Waals surface area (Å²) in [5.74, 6) is -0.0646. The second-order valence-corrected chi connectivity index (χ2v) is 9.13. The molecule has 0 aromatic rings. The molecule has 0 bridgehead atoms. The number of hydrogen-bond acceptors (Lipinski definition) is 7. The van der Waals surface area contributed by atoms with Gasteiger partial charge in [-0.15, -0.1) is 0 Å². The van der Waals surface area contributed by atoms with Gasteiger partial charge in [-0.2, -0.15) is 10.5 Å². The van der Waals surface area contributed by atoms with Crippen molar-refractivity contribution < 1.29 is 23.9 Å². The number of hydrogen-bond donors (Lipinski definition) is 0. The highest BCUT2D eigenvalue weighted by Crippen LogP contribution is 2.18. The Hall–Kier alpha value is -2.61. The minimum Gasteiger partial charge on any atom is -0.428 e. The third-order valence-electron chi connectivity index (χ3n) is 6.14. The molecule has 2 atom stereocenters. The molecule has 8 heteroatoms. The molecule has 2 amide bonds. The van der Waals surface area contributed by atoms with Gasteiger partial charge in [-0.3, -0.25) is 19.3 Å². The van der Waals surface area contributed by atoms with Crippen LogP contribution in [0.4, 0.5) is 0 Å². The highest BCUT2D eigenvalue weighted by molar-refractivity contribution is 5.95. The first-order valence-electron chi connectivity index (χ1n) is 12.7. The van der Waals surface area contributed by atoms with E-state index >= 15 is 0 Å². The molecule has 0 heterocycles. The van der Waals surface area contributed by atoms with Crippen LogP contribution in [0, 0.1) is 34.9 Å². The fourth-order valence-electron chi connectivity index (χ4n) is 3.63. The van der Waals surface area contributed by atoms with E-state index in [4.69, 9.17) is 10.5 Å². The van der Waals surface area contributed by atoms with E-state index in [2.05, 4.69) is 16.4 Å². The van der Waals surface area contributed by atoms with E-state index in [1.54, 1.807) is 12.5 Å². The number of carbonyl (C=O) groups is 3. The van der Waals surface area contributed by atoms with E-state index in [1.807, 2.05) is 6.92 Å². The van der Waals surface area contributed by atoms with Crippen LogP contribution in [0.2, 0.25) is 0 Å². The largest absolute Gasteiger partial charge is 0.428 e. The van der Waals surface area contributed by atoms with E-state index in [0.717, 1.165) is 64.2 Å². The molecule has 0 rings (SSSR count). The lowest BCUT2D eigenvalue weighted by Gasteiger charge is -2.22. The van der Waals surface area contributed by atoms with Gasteiger partial charge >= 0.3 is 0 Å². The van der Waals surface area contributed by atoms with Crippen molar-refractivity contribution in [2.45, 2.75) is 104 Å². The van der Waals surface area contributed by atoms with Gasteiger partial charge in [0.25, 0.3) is 12.5 Å². The van der Waals surface area contributed by atoms with E-state index in [0.29, 0.717) is 38.5 Å². The molecule has 34 heavy (non-hydrogen) atoms. The average Bonchev–Trinajstić information content (AvgIpc) is 2.81. The van der Waals surface area contributed by atoms with Gasteiger partial charge in [0, 0.05) is 25.3 Å². The number of ketones is 1. The molecule has 0 radical (unpaired) electrons. The molecule has 8 nitrogen and oxygen atoms in total. The van der Waals surface area contributed by atoms with Gasteiger partial charge in [0.15, 0.2) is 0 Å². The van der Waals surface area contributed by atoms with Crippen molar-refractivity contribution in [2.24, 2.45) is 11.8 Å². The van der Waals surface area contributed by atoms with Gasteiger partial charge in [-0.25, -0.2) is 0 Å². The second-order valence-electron chi connectivity index (χ2n) is 9.13. The number of ether oxygens (including phenoxy) is 2. The molecule has 0 aliphatic carbocycles. The number of imide groups is 1. The normalized spacial score (nSPS) is 12.1. The van der Waals surface area contributed by atoms with Gasteiger partial charge in [0.1, 0.15) is 19.0 Å². The van der Waals surface area contributed by atoms with Gasteiger partial charge < -0.3 is 9.47 Å². The Morgan fingerprint density at radius 3 is 1.76 bits per heavy atom. The van der Waals surface area contributed by atoms with E-state index in [9.17, 15) is 14.4 Å². The van der Waals surface area contributed by atoms with Crippen molar-refractivity contribution in [1.82, 2.24) is 4.90 Å². The maximum atomic E-state index is 12.9. The average molecular weight is 478 g/mol. The number of rotatable bonds is 21. The van der Waals surface area contributed by atoms with Crippen LogP contribution in [0.3, 0.4) is 0 Å². The molecule has 0 aromatic heterocycles. The Labute approximate surface area is 205 Å². The molecule has 0 aromatic carbocycles. The summed E-state index contributed by atoms with van der Waals surface area (Å²) >= 11 is 0. The van der Waals surface area contributed by atoms with Crippen LogP contribution >= 0.6 is 0 Å². The summed E-state index contributed by atoms with van der Waals surface area (Å²) in [5, 5.41) is 16.7. The summed E-state index contributed by atoms with van der Waals surface area (Å²) in [5.41, 5.74) is 0. The second kappa shape index (κ2) is 21.0. The lowest BCUT2D eigenvalue weighted by Crippen LogP contribution is -2.38. The Morgan fingerprint density at radius 2 is 1.24 bits per heavy atom. The fraction of sp³-hybridized carbons (Fsp3) is 0.808. The number of carbonyl (C=O) groups excluding carboxylic acids is 3. The third-order valence-corrected chi connectivity index (χ3v) is 6.14. The monoisotopic (exact) mass is 477 g/mol. The minimum atomic E-state index is -0.196. The summed E-state index contributed by atoms with van der Waals surface area (Å²) in [6.45, 7) is 6.73. The Morgan fingerprint density at radius 1 is 0.735 bits per heavy atom. The number of Topliss-reactive ketones (excluding diaryl/α,β-unsaturated/α-hetero) is 1. The molecule has 0 aliphatic rings. The fourth-order valence-corrected chi connectivity index (χ4v) is 3.63. The van der Waals surface area contributed by atoms with Gasteiger partial charge in [-0.05, 0) is 51.4 Å². The predicted octanol–water partition coefficient (Wildman–Crippen LogP) is 5.27. The Bertz CT molecular complexity index is 668. The first-order chi connectivity index (χ1) is 16.3. The quantitative estimate of drug-likeness (QED) is 0.163. The van der Waals surface area contributed by atoms with Crippen molar-refractivity contribution in [3.8, 4) is 12.5 Å². The molecule has 192 valence electrons. The van der Waals surface area contributed by atoms with Crippen molar-refractivity contribution >= 4 is 17.6 Å². The zero-order valence-corrected chi connectivity index (χ0v) is 21.4. The van der Waals surface area contributed by atoms with Crippen LogP contribution in [-0.4, -0.2) is 42.3 Å². The van der Waals surface area contributed by atoms with Gasteiger partial charge in [-0.1, -0.05) is 46.0 Å². The first kappa shape index (κ1) is 31.4. The molecule has 0 fully saturated rings. The summed E-state index contributed by atoms with van der Waals surface area (Å²) in [6.07, 6.45) is 13.4. The van der Waals surface area contributed by atoms with E-state index in [1.165, 1.54) is 11.8 Å². The number of unbranched alkanes of at least 4 members (excludes halogenated alkanes) is 6. The smallest absolute Gasteiger partial charge is 0.286 e. The minimum absolute atomic E-state index is 0.0525. The van der Waals surface area contributed by atoms with Crippen LogP contribution in [0.5, 0.6) is 0 Å². The number of nitrogens with zero attached hydrogens (tertiary/aromatic N) is 3. The first-order valence-corrected chi connectivity index (χ1v) is 12.7. The summed E-state index contributed by atoms with van der Waals surface area (Å²) < 4.78 is 9.33. The van der Waals surface area contributed by atoms with Crippen molar-refractivity contribution in [3.05, 3.63) is 0 Å². The van der Waals surface area contributed by atoms with Crippen LogP contribution in [-0.2, 0) is 23.9 Å². The standard InChI is InChI=1S/C26H43N3O5/c1-22(12-8-4-6-10-18-33-20-27)13-15-25(31)29(17-9-5-7-11-19-34-21-28)26(32)16-14-23(2)24(3)30/h22-23H,4-19H2,1-3H3. The SMILES string of the molecule is CC(=O)C(C)CCC(=O)N(CCCCCCOC#N)C(=O)CCC(C)CCCCCCOC#N. The lowest BCUT2D eigenvalue weighted by molar-refractivity contribution is -0.145. The summed E-state index contributed by atoms with van der Waals surface area (Å²) in [7, 11) is 0. The van der Waals surface area contributed by atoms with Crippen molar-refractivity contribution in [3.63, 3.8) is 0 Å². The Balaban J connectivity index is 4.49. The van der Waals surface area contributed by atoms with Crippen molar-refractivity contribution in [1.29, 1.82) is 10.5 Å². The van der Waals surface area contributed by atoms with Gasteiger partial charge in [0.2, 0.25) is 11.8 Å². The maximum Gasteiger partial charge on any atom is 0.286 e. The zero-order valence-electron chi connectivity index (χ0n) is 21.4. The van der Waals surface area contributed by atoms with Crippen LogP contribution in [0.15, 0.2) is 0 Å². The summed E-state index contributed by atoms with van der Waals surface area (Å²) in [6, 6.07) is 0. The summed E-state index contributed by atoms with van der Waals surface area (Å²) in [4.78, 5) is 38.6. The van der Waals surface area contributed by atoms with Crippen LogP contribution < -0.4 is 0 Å². The molecule has 0 saturated heterocycles. The molecule has 0 N–H and O–H groups in total. The molecular formula is C26H43N3O5. The molecule has 0 saturated carbocycles. The van der Waals surface area contributed by atoms with Crippen molar-refractivity contribution in [2.75, 3.05) is 19.8 Å². The van der Waals surface area contributed by atoms with Gasteiger partial charge in [0.05, 0.1) is 0 Å². The molecule has 0 aliphatic heterocycles. The molecule has 2 unspecified atom stereocenters. The highest BCUT2D eigenvalue weighted by atomic mass is 16.5. The zero-order chi connectivity index (χ0) is 25.6. The molecular weight excluding hydrogens is 434 g/mol.